The van der Waals surface area contributed by atoms with Crippen molar-refractivity contribution in [3.05, 3.63) is 70.8 Å². The second kappa shape index (κ2) is 4.18. The lowest BCUT2D eigenvalue weighted by molar-refractivity contribution is 0.0979. The Hall–Kier alpha value is -1.87. The zero-order valence-corrected chi connectivity index (χ0v) is 9.94. The third kappa shape index (κ3) is 1.59. The first-order valence-corrected chi connectivity index (χ1v) is 5.06. The minimum Gasteiger partial charge on any atom is -0.289 e. The molecular formula is C14H10O2S. The van der Waals surface area contributed by atoms with E-state index in [-0.39, 0.29) is 25.1 Å². The van der Waals surface area contributed by atoms with E-state index in [1.165, 1.54) is 0 Å². The van der Waals surface area contributed by atoms with Gasteiger partial charge in [-0.2, -0.15) is 13.5 Å². The van der Waals surface area contributed by atoms with Crippen LogP contribution in [0.25, 0.3) is 0 Å². The van der Waals surface area contributed by atoms with Gasteiger partial charge in [-0.1, -0.05) is 48.5 Å². The molecule has 0 N–H and O–H groups in total. The van der Waals surface area contributed by atoms with E-state index in [4.69, 9.17) is 0 Å². The van der Waals surface area contributed by atoms with E-state index in [1.54, 1.807) is 48.5 Å². The molecule has 0 fully saturated rings. The quantitative estimate of drug-likeness (QED) is 0.607. The summed E-state index contributed by atoms with van der Waals surface area (Å²) < 4.78 is 0. The van der Waals surface area contributed by atoms with Crippen molar-refractivity contribution in [2.75, 3.05) is 0 Å². The van der Waals surface area contributed by atoms with Gasteiger partial charge in [0.1, 0.15) is 0 Å². The van der Waals surface area contributed by atoms with E-state index < -0.39 is 0 Å². The van der Waals surface area contributed by atoms with Gasteiger partial charge in [-0.15, -0.1) is 0 Å². The molecule has 0 aliphatic heterocycles. The maximum atomic E-state index is 12.1. The number of carbonyl (C=O) groups excluding carboxylic acids is 2. The van der Waals surface area contributed by atoms with Crippen LogP contribution in [0.15, 0.2) is 48.5 Å². The van der Waals surface area contributed by atoms with Crippen molar-refractivity contribution in [3.63, 3.8) is 0 Å². The van der Waals surface area contributed by atoms with Gasteiger partial charge in [0.05, 0.1) is 0 Å². The first-order chi connectivity index (χ1) is 7.79. The van der Waals surface area contributed by atoms with Crippen LogP contribution in [0.5, 0.6) is 0 Å². The standard InChI is InChI=1S/C14H8O2.H2S/c15-13-9-5-1-2-6-10(9)14(16)12-8-4-3-7-11(12)13;/h1-8H;1H2. The molecule has 3 rings (SSSR count). The Labute approximate surface area is 106 Å². The van der Waals surface area contributed by atoms with Crippen molar-refractivity contribution in [1.29, 1.82) is 0 Å². The molecular weight excluding hydrogens is 232 g/mol. The topological polar surface area (TPSA) is 34.1 Å². The Morgan fingerprint density at radius 3 is 1.00 bits per heavy atom. The molecule has 2 nitrogen and oxygen atoms in total. The van der Waals surface area contributed by atoms with Crippen LogP contribution in [0.2, 0.25) is 0 Å². The Morgan fingerprint density at radius 1 is 0.529 bits per heavy atom. The highest BCUT2D eigenvalue weighted by molar-refractivity contribution is 7.59. The Bertz CT molecular complexity index is 512. The smallest absolute Gasteiger partial charge is 0.194 e. The fraction of sp³-hybridized carbons (Fsp3) is 0. The number of fused-ring (bicyclic) bond motifs is 2. The molecule has 0 heterocycles. The fourth-order valence-corrected chi connectivity index (χ4v) is 2.05. The average Bonchev–Trinajstić information content (AvgIpc) is 2.36. The molecule has 0 amide bonds. The SMILES string of the molecule is O=C1c2ccccc2C(=O)c2ccccc21.S. The predicted molar refractivity (Wildman–Crippen MR) is 70.1 cm³/mol. The van der Waals surface area contributed by atoms with Crippen LogP contribution in [-0.4, -0.2) is 11.6 Å². The molecule has 1 aliphatic carbocycles. The van der Waals surface area contributed by atoms with Crippen LogP contribution < -0.4 is 0 Å². The maximum Gasteiger partial charge on any atom is 0.194 e. The van der Waals surface area contributed by atoms with Gasteiger partial charge in [0.15, 0.2) is 11.6 Å². The van der Waals surface area contributed by atoms with E-state index >= 15 is 0 Å². The molecule has 3 heteroatoms. The van der Waals surface area contributed by atoms with Gasteiger partial charge in [0.25, 0.3) is 0 Å². The van der Waals surface area contributed by atoms with Gasteiger partial charge in [0, 0.05) is 22.3 Å². The number of carbonyl (C=O) groups is 2. The Kier molecular flexibility index (Phi) is 2.86. The Balaban J connectivity index is 0.00000108. The highest BCUT2D eigenvalue weighted by Gasteiger charge is 2.28. The van der Waals surface area contributed by atoms with Gasteiger partial charge in [-0.3, -0.25) is 9.59 Å². The van der Waals surface area contributed by atoms with Crippen LogP contribution in [-0.2, 0) is 0 Å². The van der Waals surface area contributed by atoms with E-state index in [2.05, 4.69) is 0 Å². The first-order valence-electron chi connectivity index (χ1n) is 5.06. The highest BCUT2D eigenvalue weighted by Crippen LogP contribution is 2.26. The second-order valence-corrected chi connectivity index (χ2v) is 3.75. The van der Waals surface area contributed by atoms with Crippen LogP contribution in [0.3, 0.4) is 0 Å². The number of rotatable bonds is 0. The molecule has 0 aromatic heterocycles. The molecule has 0 radical (unpaired) electrons. The monoisotopic (exact) mass is 242 g/mol. The van der Waals surface area contributed by atoms with Crippen molar-refractivity contribution in [1.82, 2.24) is 0 Å². The normalized spacial score (nSPS) is 12.5. The van der Waals surface area contributed by atoms with Crippen LogP contribution >= 0.6 is 13.5 Å². The first kappa shape index (κ1) is 11.6. The van der Waals surface area contributed by atoms with Gasteiger partial charge < -0.3 is 0 Å². The van der Waals surface area contributed by atoms with Crippen LogP contribution in [0, 0.1) is 0 Å². The lowest BCUT2D eigenvalue weighted by Crippen LogP contribution is -2.20. The van der Waals surface area contributed by atoms with Gasteiger partial charge in [0.2, 0.25) is 0 Å². The molecule has 0 saturated carbocycles. The molecule has 0 spiro atoms. The number of ketones is 2. The van der Waals surface area contributed by atoms with E-state index in [0.29, 0.717) is 22.3 Å². The molecule has 2 aromatic rings. The lowest BCUT2D eigenvalue weighted by atomic mass is 9.84. The zero-order valence-electron chi connectivity index (χ0n) is 8.94. The summed E-state index contributed by atoms with van der Waals surface area (Å²) >= 11 is 0. The summed E-state index contributed by atoms with van der Waals surface area (Å²) in [5.41, 5.74) is 2.02. The summed E-state index contributed by atoms with van der Waals surface area (Å²) in [6, 6.07) is 13.9. The zero-order chi connectivity index (χ0) is 11.1. The Morgan fingerprint density at radius 2 is 0.765 bits per heavy atom. The fourth-order valence-electron chi connectivity index (χ4n) is 2.05. The summed E-state index contributed by atoms with van der Waals surface area (Å²) in [6.45, 7) is 0. The average molecular weight is 242 g/mol. The van der Waals surface area contributed by atoms with Crippen molar-refractivity contribution < 1.29 is 9.59 Å². The summed E-state index contributed by atoms with van der Waals surface area (Å²) in [4.78, 5) is 24.2. The van der Waals surface area contributed by atoms with Gasteiger partial charge in [-0.25, -0.2) is 0 Å². The molecule has 17 heavy (non-hydrogen) atoms. The van der Waals surface area contributed by atoms with Gasteiger partial charge in [-0.05, 0) is 0 Å². The van der Waals surface area contributed by atoms with Gasteiger partial charge >= 0.3 is 0 Å². The van der Waals surface area contributed by atoms with Crippen molar-refractivity contribution in [3.8, 4) is 0 Å². The third-order valence-electron chi connectivity index (χ3n) is 2.83. The summed E-state index contributed by atoms with van der Waals surface area (Å²) in [5.74, 6) is -0.128. The predicted octanol–water partition coefficient (Wildman–Crippen LogP) is 2.57. The molecule has 0 unspecified atom stereocenters. The second-order valence-electron chi connectivity index (χ2n) is 3.75. The molecule has 1 aliphatic rings. The van der Waals surface area contributed by atoms with Crippen LogP contribution in [0.4, 0.5) is 0 Å². The van der Waals surface area contributed by atoms with E-state index in [9.17, 15) is 9.59 Å². The van der Waals surface area contributed by atoms with Crippen molar-refractivity contribution >= 4 is 25.1 Å². The van der Waals surface area contributed by atoms with Crippen LogP contribution in [0.1, 0.15) is 31.8 Å². The summed E-state index contributed by atoms with van der Waals surface area (Å²) in [5, 5.41) is 0. The summed E-state index contributed by atoms with van der Waals surface area (Å²) in [7, 11) is 0. The third-order valence-corrected chi connectivity index (χ3v) is 2.83. The number of hydrogen-bond donors (Lipinski definition) is 0. The molecule has 0 atom stereocenters. The molecule has 84 valence electrons. The lowest BCUT2D eigenvalue weighted by Gasteiger charge is -2.16. The molecule has 0 bridgehead atoms. The highest BCUT2D eigenvalue weighted by atomic mass is 32.1. The van der Waals surface area contributed by atoms with E-state index in [1.807, 2.05) is 0 Å². The van der Waals surface area contributed by atoms with Crippen molar-refractivity contribution in [2.24, 2.45) is 0 Å². The minimum atomic E-state index is -0.0641. The largest absolute Gasteiger partial charge is 0.289 e. The molecule has 0 saturated heterocycles. The minimum absolute atomic E-state index is 0. The number of hydrogen-bond acceptors (Lipinski definition) is 2. The maximum absolute atomic E-state index is 12.1. The van der Waals surface area contributed by atoms with E-state index in [0.717, 1.165) is 0 Å². The number of benzene rings is 2. The van der Waals surface area contributed by atoms with Crippen molar-refractivity contribution in [2.45, 2.75) is 0 Å². The summed E-state index contributed by atoms with van der Waals surface area (Å²) in [6.07, 6.45) is 0. The molecule has 2 aromatic carbocycles.